The van der Waals surface area contributed by atoms with Crippen LogP contribution in [-0.2, 0) is 11.3 Å². The summed E-state index contributed by atoms with van der Waals surface area (Å²) in [6, 6.07) is 8.40. The van der Waals surface area contributed by atoms with Crippen LogP contribution in [0.1, 0.15) is 22.3 Å². The Morgan fingerprint density at radius 3 is 2.76 bits per heavy atom. The zero-order valence-electron chi connectivity index (χ0n) is 17.7. The van der Waals surface area contributed by atoms with Gasteiger partial charge in [-0.2, -0.15) is 0 Å². The molecule has 0 bridgehead atoms. The first-order valence-corrected chi connectivity index (χ1v) is 10.9. The van der Waals surface area contributed by atoms with Gasteiger partial charge in [-0.3, -0.25) is 4.79 Å². The molecule has 7 nitrogen and oxygen atoms in total. The summed E-state index contributed by atoms with van der Waals surface area (Å²) < 4.78 is 5.74. The molecule has 0 atom stereocenters. The van der Waals surface area contributed by atoms with Crippen molar-refractivity contribution in [2.75, 3.05) is 63.4 Å². The average Bonchev–Trinajstić information content (AvgIpc) is 2.76. The number of carbonyl (C=O) groups is 1. The molecular weight excluding hydrogens is 386 g/mol. The van der Waals surface area contributed by atoms with E-state index in [-0.39, 0.29) is 0 Å². The summed E-state index contributed by atoms with van der Waals surface area (Å²) in [6.45, 7) is 3.85. The molecule has 8 heteroatoms. The first-order chi connectivity index (χ1) is 14.1. The fourth-order valence-corrected chi connectivity index (χ4v) is 3.15. The van der Waals surface area contributed by atoms with Crippen molar-refractivity contribution in [2.24, 2.45) is 0 Å². The standard InChI is InChI=1S/C21H31N5O2S/c1-22-9-6-12-28-16-17-7-5-8-19(13-17)25(2)10-11-26(3)20-18(15-27)14-23-21(24-20)29-4/h5,7-8,13-15,22H,6,9-12,16H2,1-4H3. The highest BCUT2D eigenvalue weighted by Gasteiger charge is 2.12. The fourth-order valence-electron chi connectivity index (χ4n) is 2.81. The SMILES string of the molecule is CNCCCOCc1cccc(N(C)CCN(C)c2nc(SC)ncc2C=O)c1. The third-order valence-corrected chi connectivity index (χ3v) is 5.11. The Morgan fingerprint density at radius 2 is 2.03 bits per heavy atom. The highest BCUT2D eigenvalue weighted by Crippen LogP contribution is 2.19. The first-order valence-electron chi connectivity index (χ1n) is 9.68. The van der Waals surface area contributed by atoms with Gasteiger partial charge in [0.2, 0.25) is 0 Å². The Kier molecular flexibility index (Phi) is 9.90. The van der Waals surface area contributed by atoms with Crippen LogP contribution in [0.3, 0.4) is 0 Å². The summed E-state index contributed by atoms with van der Waals surface area (Å²) in [5, 5.41) is 3.78. The molecule has 1 N–H and O–H groups in total. The van der Waals surface area contributed by atoms with Crippen LogP contribution in [0.25, 0.3) is 0 Å². The number of ether oxygens (including phenoxy) is 1. The van der Waals surface area contributed by atoms with Gasteiger partial charge in [0.25, 0.3) is 0 Å². The minimum atomic E-state index is 0.505. The minimum Gasteiger partial charge on any atom is -0.377 e. The van der Waals surface area contributed by atoms with E-state index < -0.39 is 0 Å². The molecule has 2 aromatic rings. The number of carbonyl (C=O) groups excluding carboxylic acids is 1. The Balaban J connectivity index is 1.92. The Labute approximate surface area is 177 Å². The van der Waals surface area contributed by atoms with Gasteiger partial charge in [-0.15, -0.1) is 0 Å². The van der Waals surface area contributed by atoms with E-state index in [1.807, 2.05) is 25.3 Å². The zero-order chi connectivity index (χ0) is 21.1. The van der Waals surface area contributed by atoms with E-state index in [0.717, 1.165) is 50.2 Å². The van der Waals surface area contributed by atoms with Crippen molar-refractivity contribution in [2.45, 2.75) is 18.2 Å². The number of aldehydes is 1. The lowest BCUT2D eigenvalue weighted by atomic mass is 10.2. The van der Waals surface area contributed by atoms with Crippen LogP contribution in [0.2, 0.25) is 0 Å². The van der Waals surface area contributed by atoms with E-state index in [1.165, 1.54) is 11.8 Å². The maximum Gasteiger partial charge on any atom is 0.189 e. The summed E-state index contributed by atoms with van der Waals surface area (Å²) in [5.74, 6) is 0.663. The molecule has 2 rings (SSSR count). The number of anilines is 2. The molecule has 0 amide bonds. The van der Waals surface area contributed by atoms with Gasteiger partial charge in [0.15, 0.2) is 11.4 Å². The molecule has 1 aromatic heterocycles. The molecular formula is C21H31N5O2S. The van der Waals surface area contributed by atoms with Crippen LogP contribution in [0.15, 0.2) is 35.6 Å². The number of thioether (sulfide) groups is 1. The van der Waals surface area contributed by atoms with Gasteiger partial charge >= 0.3 is 0 Å². The van der Waals surface area contributed by atoms with Crippen molar-refractivity contribution in [1.29, 1.82) is 0 Å². The third kappa shape index (κ3) is 7.30. The van der Waals surface area contributed by atoms with E-state index in [2.05, 4.69) is 51.5 Å². The van der Waals surface area contributed by atoms with Crippen LogP contribution in [-0.4, -0.2) is 69.9 Å². The molecule has 0 aliphatic carbocycles. The van der Waals surface area contributed by atoms with Gasteiger partial charge in [-0.05, 0) is 44.0 Å². The summed E-state index contributed by atoms with van der Waals surface area (Å²) in [6.07, 6.45) is 5.32. The van der Waals surface area contributed by atoms with Crippen LogP contribution in [0.4, 0.5) is 11.5 Å². The molecule has 0 aliphatic heterocycles. The van der Waals surface area contributed by atoms with Gasteiger partial charge in [0.05, 0.1) is 12.2 Å². The normalized spacial score (nSPS) is 10.8. The molecule has 0 aliphatic rings. The predicted molar refractivity (Wildman–Crippen MR) is 120 cm³/mol. The summed E-state index contributed by atoms with van der Waals surface area (Å²) >= 11 is 1.46. The van der Waals surface area contributed by atoms with Gasteiger partial charge < -0.3 is 19.9 Å². The van der Waals surface area contributed by atoms with Crippen molar-refractivity contribution in [3.63, 3.8) is 0 Å². The number of aromatic nitrogens is 2. The number of benzene rings is 1. The number of hydrogen-bond acceptors (Lipinski definition) is 8. The van der Waals surface area contributed by atoms with Gasteiger partial charge in [-0.25, -0.2) is 9.97 Å². The summed E-state index contributed by atoms with van der Waals surface area (Å²) in [5.41, 5.74) is 2.80. The summed E-state index contributed by atoms with van der Waals surface area (Å²) in [7, 11) is 5.96. The predicted octanol–water partition coefficient (Wildman–Crippen LogP) is 2.71. The number of rotatable bonds is 13. The molecule has 0 radical (unpaired) electrons. The lowest BCUT2D eigenvalue weighted by Gasteiger charge is -2.25. The fraction of sp³-hybridized carbons (Fsp3) is 0.476. The lowest BCUT2D eigenvalue weighted by Crippen LogP contribution is -2.32. The highest BCUT2D eigenvalue weighted by atomic mass is 32.2. The van der Waals surface area contributed by atoms with Gasteiger partial charge in [0.1, 0.15) is 5.82 Å². The quantitative estimate of drug-likeness (QED) is 0.231. The number of nitrogens with one attached hydrogen (secondary N) is 1. The highest BCUT2D eigenvalue weighted by molar-refractivity contribution is 7.98. The number of nitrogens with zero attached hydrogens (tertiary/aromatic N) is 4. The molecule has 0 saturated carbocycles. The van der Waals surface area contributed by atoms with Crippen LogP contribution >= 0.6 is 11.8 Å². The molecule has 1 aromatic carbocycles. The van der Waals surface area contributed by atoms with E-state index in [1.54, 1.807) is 6.20 Å². The molecule has 158 valence electrons. The van der Waals surface area contributed by atoms with Crippen molar-refractivity contribution in [3.05, 3.63) is 41.6 Å². The maximum atomic E-state index is 11.3. The van der Waals surface area contributed by atoms with Gasteiger partial charge in [0, 0.05) is 45.7 Å². The van der Waals surface area contributed by atoms with Crippen molar-refractivity contribution in [3.8, 4) is 0 Å². The number of hydrogen-bond donors (Lipinski definition) is 1. The zero-order valence-corrected chi connectivity index (χ0v) is 18.5. The Bertz CT molecular complexity index is 774. The monoisotopic (exact) mass is 417 g/mol. The number of likely N-dealkylation sites (N-methyl/N-ethyl adjacent to an activating group) is 2. The van der Waals surface area contributed by atoms with Crippen molar-refractivity contribution >= 4 is 29.6 Å². The van der Waals surface area contributed by atoms with E-state index in [9.17, 15) is 4.79 Å². The molecule has 0 fully saturated rings. The van der Waals surface area contributed by atoms with Crippen LogP contribution in [0.5, 0.6) is 0 Å². The minimum absolute atomic E-state index is 0.505. The second-order valence-electron chi connectivity index (χ2n) is 6.78. The molecule has 0 spiro atoms. The second kappa shape index (κ2) is 12.4. The Morgan fingerprint density at radius 1 is 1.24 bits per heavy atom. The smallest absolute Gasteiger partial charge is 0.189 e. The molecule has 29 heavy (non-hydrogen) atoms. The first kappa shape index (κ1) is 23.1. The average molecular weight is 418 g/mol. The van der Waals surface area contributed by atoms with Gasteiger partial charge in [-0.1, -0.05) is 23.9 Å². The van der Waals surface area contributed by atoms with E-state index in [4.69, 9.17) is 4.74 Å². The maximum absolute atomic E-state index is 11.3. The molecule has 0 unspecified atom stereocenters. The second-order valence-corrected chi connectivity index (χ2v) is 7.55. The van der Waals surface area contributed by atoms with Crippen LogP contribution in [0, 0.1) is 0 Å². The van der Waals surface area contributed by atoms with Crippen molar-refractivity contribution < 1.29 is 9.53 Å². The van der Waals surface area contributed by atoms with Crippen LogP contribution < -0.4 is 15.1 Å². The summed E-state index contributed by atoms with van der Waals surface area (Å²) in [4.78, 5) is 24.2. The molecule has 0 saturated heterocycles. The lowest BCUT2D eigenvalue weighted by molar-refractivity contribution is 0.112. The Hall–Kier alpha value is -2.16. The molecule has 1 heterocycles. The topological polar surface area (TPSA) is 70.6 Å². The van der Waals surface area contributed by atoms with Crippen molar-refractivity contribution in [1.82, 2.24) is 15.3 Å². The third-order valence-electron chi connectivity index (χ3n) is 4.55. The largest absolute Gasteiger partial charge is 0.377 e. The van der Waals surface area contributed by atoms with E-state index >= 15 is 0 Å². The van der Waals surface area contributed by atoms with E-state index in [0.29, 0.717) is 23.1 Å².